The molecule has 32 heavy (non-hydrogen) atoms. The van der Waals surface area contributed by atoms with E-state index in [1.807, 2.05) is 6.07 Å². The molecule has 7 nitrogen and oxygen atoms in total. The van der Waals surface area contributed by atoms with Gasteiger partial charge in [-0.3, -0.25) is 15.0 Å². The number of ether oxygens (including phenoxy) is 3. The zero-order valence-corrected chi connectivity index (χ0v) is 19.5. The van der Waals surface area contributed by atoms with Crippen LogP contribution in [-0.2, 0) is 11.2 Å². The van der Waals surface area contributed by atoms with E-state index in [-0.39, 0.29) is 4.32 Å². The minimum atomic E-state index is -0.454. The molecule has 0 radical (unpaired) electrons. The SMILES string of the molecule is C=CCc1cc(/C=C2/SC(=S)N(NC(=O)c3ccc(OC)cc3)C2=O)cc(OC)c1OC. The van der Waals surface area contributed by atoms with Gasteiger partial charge in [0.25, 0.3) is 11.8 Å². The van der Waals surface area contributed by atoms with Crippen molar-refractivity contribution in [3.8, 4) is 17.2 Å². The zero-order chi connectivity index (χ0) is 23.3. The summed E-state index contributed by atoms with van der Waals surface area (Å²) in [5.41, 5.74) is 4.55. The van der Waals surface area contributed by atoms with Gasteiger partial charge in [0.2, 0.25) is 0 Å². The van der Waals surface area contributed by atoms with Crippen LogP contribution in [0.4, 0.5) is 0 Å². The number of hydrogen-bond acceptors (Lipinski definition) is 7. The Kier molecular flexibility index (Phi) is 7.55. The van der Waals surface area contributed by atoms with Crippen LogP contribution in [0.15, 0.2) is 54.0 Å². The first-order valence-corrected chi connectivity index (χ1v) is 10.7. The number of hydrogen-bond donors (Lipinski definition) is 1. The van der Waals surface area contributed by atoms with E-state index in [1.165, 1.54) is 0 Å². The van der Waals surface area contributed by atoms with E-state index < -0.39 is 11.8 Å². The summed E-state index contributed by atoms with van der Waals surface area (Å²) >= 11 is 6.41. The summed E-state index contributed by atoms with van der Waals surface area (Å²) in [6.45, 7) is 3.77. The Bertz CT molecular complexity index is 1100. The first kappa shape index (κ1) is 23.4. The number of thioether (sulfide) groups is 1. The topological polar surface area (TPSA) is 77.1 Å². The lowest BCUT2D eigenvalue weighted by molar-refractivity contribution is -0.123. The van der Waals surface area contributed by atoms with Crippen LogP contribution in [0.1, 0.15) is 21.5 Å². The van der Waals surface area contributed by atoms with Crippen LogP contribution >= 0.6 is 24.0 Å². The quantitative estimate of drug-likeness (QED) is 0.355. The van der Waals surface area contributed by atoms with Crippen molar-refractivity contribution in [1.82, 2.24) is 10.4 Å². The second-order valence-corrected chi connectivity index (χ2v) is 8.27. The third kappa shape index (κ3) is 4.95. The van der Waals surface area contributed by atoms with Crippen LogP contribution in [0.2, 0.25) is 0 Å². The number of nitrogens with one attached hydrogen (secondary N) is 1. The summed E-state index contributed by atoms with van der Waals surface area (Å²) in [6, 6.07) is 10.2. The monoisotopic (exact) mass is 470 g/mol. The smallest absolute Gasteiger partial charge is 0.285 e. The molecule has 2 amide bonds. The molecule has 0 saturated carbocycles. The maximum absolute atomic E-state index is 12.9. The molecular weight excluding hydrogens is 448 g/mol. The first-order valence-electron chi connectivity index (χ1n) is 9.50. The molecule has 0 aromatic heterocycles. The third-order valence-corrected chi connectivity index (χ3v) is 5.90. The molecule has 1 N–H and O–H groups in total. The highest BCUT2D eigenvalue weighted by Gasteiger charge is 2.34. The van der Waals surface area contributed by atoms with Crippen molar-refractivity contribution in [1.29, 1.82) is 0 Å². The van der Waals surface area contributed by atoms with Crippen molar-refractivity contribution >= 4 is 46.2 Å². The summed E-state index contributed by atoms with van der Waals surface area (Å²) < 4.78 is 16.2. The van der Waals surface area contributed by atoms with Crippen molar-refractivity contribution in [3.05, 3.63) is 70.6 Å². The van der Waals surface area contributed by atoms with Crippen molar-refractivity contribution in [2.75, 3.05) is 21.3 Å². The molecule has 1 saturated heterocycles. The van der Waals surface area contributed by atoms with Crippen molar-refractivity contribution in [2.24, 2.45) is 0 Å². The lowest BCUT2D eigenvalue weighted by Gasteiger charge is -2.15. The molecule has 0 spiro atoms. The summed E-state index contributed by atoms with van der Waals surface area (Å²) in [7, 11) is 4.66. The van der Waals surface area contributed by atoms with Gasteiger partial charge in [0.15, 0.2) is 15.8 Å². The predicted molar refractivity (Wildman–Crippen MR) is 129 cm³/mol. The number of allylic oxidation sites excluding steroid dienone is 1. The second-order valence-electron chi connectivity index (χ2n) is 6.59. The summed E-state index contributed by atoms with van der Waals surface area (Å²) in [5.74, 6) is 0.914. The van der Waals surface area contributed by atoms with Gasteiger partial charge in [-0.05, 0) is 66.7 Å². The highest BCUT2D eigenvalue weighted by molar-refractivity contribution is 8.26. The standard InChI is InChI=1S/C23H22N2O5S2/c1-5-6-16-11-14(12-18(29-3)20(16)30-4)13-19-22(27)25(23(31)32-19)24-21(26)15-7-9-17(28-2)10-8-15/h5,7-13H,1,6H2,2-4H3,(H,24,26)/b19-13+. The maximum Gasteiger partial charge on any atom is 0.285 e. The molecule has 3 rings (SSSR count). The van der Waals surface area contributed by atoms with E-state index in [0.717, 1.165) is 27.9 Å². The predicted octanol–water partition coefficient (Wildman–Crippen LogP) is 3.99. The van der Waals surface area contributed by atoms with E-state index in [4.69, 9.17) is 26.4 Å². The van der Waals surface area contributed by atoms with E-state index in [2.05, 4.69) is 12.0 Å². The summed E-state index contributed by atoms with van der Waals surface area (Å²) in [4.78, 5) is 25.8. The Morgan fingerprint density at radius 1 is 1.16 bits per heavy atom. The number of hydrazine groups is 1. The fraction of sp³-hybridized carbons (Fsp3) is 0.174. The minimum absolute atomic E-state index is 0.231. The molecule has 1 fully saturated rings. The van der Waals surface area contributed by atoms with E-state index in [0.29, 0.717) is 34.1 Å². The average molecular weight is 471 g/mol. The number of carbonyl (C=O) groups is 2. The van der Waals surface area contributed by atoms with Crippen molar-refractivity contribution in [2.45, 2.75) is 6.42 Å². The fourth-order valence-corrected chi connectivity index (χ4v) is 4.26. The Balaban J connectivity index is 1.84. The number of thiocarbonyl (C=S) groups is 1. The van der Waals surface area contributed by atoms with Gasteiger partial charge in [0, 0.05) is 11.1 Å². The molecule has 0 unspecified atom stereocenters. The molecule has 0 atom stereocenters. The molecule has 1 heterocycles. The van der Waals surface area contributed by atoms with Gasteiger partial charge < -0.3 is 14.2 Å². The maximum atomic E-state index is 12.9. The lowest BCUT2D eigenvalue weighted by Crippen LogP contribution is -2.44. The van der Waals surface area contributed by atoms with Crippen molar-refractivity contribution in [3.63, 3.8) is 0 Å². The first-order chi connectivity index (χ1) is 15.4. The van der Waals surface area contributed by atoms with Gasteiger partial charge >= 0.3 is 0 Å². The molecule has 2 aromatic rings. The van der Waals surface area contributed by atoms with E-state index in [1.54, 1.807) is 63.8 Å². The molecular formula is C23H22N2O5S2. The number of rotatable bonds is 8. The van der Waals surface area contributed by atoms with Crippen molar-refractivity contribution < 1.29 is 23.8 Å². The van der Waals surface area contributed by atoms with Gasteiger partial charge in [-0.25, -0.2) is 0 Å². The van der Waals surface area contributed by atoms with Crippen LogP contribution in [0, 0.1) is 0 Å². The lowest BCUT2D eigenvalue weighted by atomic mass is 10.0. The van der Waals surface area contributed by atoms with Crippen LogP contribution in [-0.4, -0.2) is 42.5 Å². The normalized spacial score (nSPS) is 14.5. The highest BCUT2D eigenvalue weighted by atomic mass is 32.2. The number of benzene rings is 2. The Hall–Kier alpha value is -3.30. The van der Waals surface area contributed by atoms with E-state index in [9.17, 15) is 9.59 Å². The Morgan fingerprint density at radius 2 is 1.88 bits per heavy atom. The summed E-state index contributed by atoms with van der Waals surface area (Å²) in [5, 5.41) is 1.07. The minimum Gasteiger partial charge on any atom is -0.497 e. The molecule has 9 heteroatoms. The van der Waals surface area contributed by atoms with Gasteiger partial charge in [0.05, 0.1) is 26.2 Å². The van der Waals surface area contributed by atoms with Gasteiger partial charge in [-0.2, -0.15) is 5.01 Å². The zero-order valence-electron chi connectivity index (χ0n) is 17.8. The number of carbonyl (C=O) groups excluding carboxylic acids is 2. The largest absolute Gasteiger partial charge is 0.497 e. The van der Waals surface area contributed by atoms with Crippen LogP contribution in [0.3, 0.4) is 0 Å². The fourth-order valence-electron chi connectivity index (χ4n) is 3.08. The Morgan fingerprint density at radius 3 is 2.47 bits per heavy atom. The molecule has 1 aliphatic rings. The average Bonchev–Trinajstić information content (AvgIpc) is 3.06. The molecule has 2 aromatic carbocycles. The number of methoxy groups -OCH3 is 3. The van der Waals surface area contributed by atoms with E-state index >= 15 is 0 Å². The van der Waals surface area contributed by atoms with Gasteiger partial charge in [0.1, 0.15) is 5.75 Å². The molecule has 0 bridgehead atoms. The number of amides is 2. The highest BCUT2D eigenvalue weighted by Crippen LogP contribution is 2.36. The molecule has 166 valence electrons. The van der Waals surface area contributed by atoms with Crippen LogP contribution in [0.5, 0.6) is 17.2 Å². The molecule has 1 aliphatic heterocycles. The van der Waals surface area contributed by atoms with Gasteiger partial charge in [-0.15, -0.1) is 6.58 Å². The molecule has 0 aliphatic carbocycles. The Labute approximate surface area is 196 Å². The number of nitrogens with zero attached hydrogens (tertiary/aromatic N) is 1. The van der Waals surface area contributed by atoms with Crippen LogP contribution < -0.4 is 19.6 Å². The van der Waals surface area contributed by atoms with Gasteiger partial charge in [-0.1, -0.05) is 17.8 Å². The second kappa shape index (κ2) is 10.3. The van der Waals surface area contributed by atoms with Crippen LogP contribution in [0.25, 0.3) is 6.08 Å². The summed E-state index contributed by atoms with van der Waals surface area (Å²) in [6.07, 6.45) is 4.03. The third-order valence-electron chi connectivity index (χ3n) is 4.60.